The van der Waals surface area contributed by atoms with Crippen molar-refractivity contribution in [3.05, 3.63) is 0 Å². The van der Waals surface area contributed by atoms with E-state index >= 15 is 0 Å². The van der Waals surface area contributed by atoms with E-state index in [1.54, 1.807) is 0 Å². The van der Waals surface area contributed by atoms with Crippen LogP contribution < -0.4 is 16.4 Å². The maximum absolute atomic E-state index is 9.50. The second-order valence-corrected chi connectivity index (χ2v) is 1.44. The highest BCUT2D eigenvalue weighted by molar-refractivity contribution is 7.35. The molecule has 0 bridgehead atoms. The molecule has 0 aromatic carbocycles. The van der Waals surface area contributed by atoms with E-state index in [-0.39, 0.29) is 0 Å². The summed E-state index contributed by atoms with van der Waals surface area (Å²) in [5.41, 5.74) is 9.27. The Labute approximate surface area is 52.5 Å². The van der Waals surface area contributed by atoms with Crippen molar-refractivity contribution in [2.45, 2.75) is 0 Å². The first-order valence-corrected chi connectivity index (χ1v) is 2.79. The average molecular weight is 151 g/mol. The van der Waals surface area contributed by atoms with Crippen molar-refractivity contribution in [1.82, 2.24) is 0 Å². The van der Waals surface area contributed by atoms with Gasteiger partial charge in [-0.3, -0.25) is 0 Å². The monoisotopic (exact) mass is 151 g/mol. The van der Waals surface area contributed by atoms with Crippen molar-refractivity contribution in [2.24, 2.45) is 16.2 Å². The van der Waals surface area contributed by atoms with Gasteiger partial charge in [0, 0.05) is 4.76 Å². The summed E-state index contributed by atoms with van der Waals surface area (Å²) in [7, 11) is -2.80. The molecule has 0 aliphatic rings. The first-order valence-electron chi connectivity index (χ1n) is 1.65. The van der Waals surface area contributed by atoms with Crippen LogP contribution >= 0.6 is 8.18 Å². The Balaban J connectivity index is 0. The van der Waals surface area contributed by atoms with E-state index < -0.39 is 14.1 Å². The molecule has 7 heteroatoms. The molecule has 52 valence electrons. The summed E-state index contributed by atoms with van der Waals surface area (Å²) in [4.78, 5) is 17.5. The minimum atomic E-state index is -2.80. The molecule has 0 aliphatic heterocycles. The van der Waals surface area contributed by atoms with Gasteiger partial charge in [0.1, 0.15) is 6.79 Å². The number of nitrogens with two attached hydrogens (primary N) is 2. The van der Waals surface area contributed by atoms with Crippen LogP contribution in [0.25, 0.3) is 0 Å². The molecular weight excluding hydrogens is 145 g/mol. The van der Waals surface area contributed by atoms with E-state index in [0.29, 0.717) is 0 Å². The number of guanidine groups is 1. The van der Waals surface area contributed by atoms with Crippen LogP contribution in [0.3, 0.4) is 0 Å². The topological polar surface area (TPSA) is 122 Å². The zero-order valence-corrected chi connectivity index (χ0v) is 5.38. The van der Waals surface area contributed by atoms with E-state index in [2.05, 4.69) is 16.2 Å². The Hall–Kier alpha value is -1.00. The molecule has 0 aromatic heterocycles. The summed E-state index contributed by atoms with van der Waals surface area (Å²) in [5.74, 6) is -0.434. The number of carbonyl (C=O) groups is 1. The Morgan fingerprint density at radius 1 is 1.56 bits per heavy atom. The van der Waals surface area contributed by atoms with E-state index in [0.717, 1.165) is 0 Å². The highest BCUT2D eigenvalue weighted by Gasteiger charge is 1.91. The normalized spacial score (nSPS) is 8.33. The van der Waals surface area contributed by atoms with E-state index in [4.69, 9.17) is 4.79 Å². The average Bonchev–Trinajstić information content (AvgIpc) is 1.68. The van der Waals surface area contributed by atoms with Crippen LogP contribution in [0.1, 0.15) is 0 Å². The fourth-order valence-corrected chi connectivity index (χ4v) is 0.283. The first-order chi connectivity index (χ1) is 4.13. The highest BCUT2D eigenvalue weighted by atomic mass is 31.1. The number of hydrogen-bond donors (Lipinski definition) is 2. The lowest BCUT2D eigenvalue weighted by Crippen LogP contribution is -2.22. The Morgan fingerprint density at radius 2 is 1.89 bits per heavy atom. The number of rotatable bonds is 1. The van der Waals surface area contributed by atoms with Crippen molar-refractivity contribution in [1.29, 1.82) is 0 Å². The molecule has 0 spiro atoms. The standard InChI is InChI=1S/CH4N3O2P.CH2O/c2-1(3)4-7(5)6;1-2/h(H4,2,3,4,5,6);1H2. The quantitative estimate of drug-likeness (QED) is 0.257. The zero-order valence-electron chi connectivity index (χ0n) is 4.48. The van der Waals surface area contributed by atoms with Gasteiger partial charge in [-0.2, -0.15) is 0 Å². The Morgan fingerprint density at radius 3 is 1.89 bits per heavy atom. The predicted molar refractivity (Wildman–Crippen MR) is 30.5 cm³/mol. The summed E-state index contributed by atoms with van der Waals surface area (Å²) in [6, 6.07) is 0. The largest absolute Gasteiger partial charge is 0.571 e. The van der Waals surface area contributed by atoms with Crippen molar-refractivity contribution in [3.63, 3.8) is 0 Å². The smallest absolute Gasteiger partial charge is 0.467 e. The molecule has 0 saturated carbocycles. The van der Waals surface area contributed by atoms with Gasteiger partial charge in [0.05, 0.1) is 0 Å². The lowest BCUT2D eigenvalue weighted by molar-refractivity contribution is -0.164. The van der Waals surface area contributed by atoms with Crippen LogP contribution in [-0.2, 0) is 9.36 Å². The third-order valence-corrected chi connectivity index (χ3v) is 0.591. The van der Waals surface area contributed by atoms with Crippen LogP contribution in [0.5, 0.6) is 0 Å². The minimum absolute atomic E-state index is 0.434. The molecule has 0 aromatic rings. The summed E-state index contributed by atoms with van der Waals surface area (Å²) < 4.78 is 12.2. The van der Waals surface area contributed by atoms with Gasteiger partial charge in [0.15, 0.2) is 0 Å². The van der Waals surface area contributed by atoms with E-state index in [1.807, 2.05) is 6.79 Å². The molecule has 1 atom stereocenters. The van der Waals surface area contributed by atoms with Gasteiger partial charge in [-0.15, -0.1) is 0 Å². The lowest BCUT2D eigenvalue weighted by atomic mass is 11.1. The molecule has 0 amide bonds. The SMILES string of the molecule is C=O.NC(N)=N[P+](=O)[O-]. The van der Waals surface area contributed by atoms with E-state index in [9.17, 15) is 9.46 Å². The van der Waals surface area contributed by atoms with Crippen molar-refractivity contribution >= 4 is 20.9 Å². The fourth-order valence-electron chi connectivity index (χ4n) is 0.0943. The maximum atomic E-state index is 9.50. The van der Waals surface area contributed by atoms with Crippen LogP contribution in [0.15, 0.2) is 4.76 Å². The predicted octanol–water partition coefficient (Wildman–Crippen LogP) is -1.91. The van der Waals surface area contributed by atoms with Crippen LogP contribution in [0, 0.1) is 0 Å². The number of hydrogen-bond acceptors (Lipinski definition) is 3. The lowest BCUT2D eigenvalue weighted by Gasteiger charge is -1.77. The molecule has 0 fully saturated rings. The van der Waals surface area contributed by atoms with Crippen LogP contribution in [0.2, 0.25) is 0 Å². The van der Waals surface area contributed by atoms with Crippen molar-refractivity contribution in [2.75, 3.05) is 0 Å². The summed E-state index contributed by atoms with van der Waals surface area (Å²) in [5, 5.41) is 0. The zero-order chi connectivity index (χ0) is 7.86. The molecule has 0 saturated heterocycles. The minimum Gasteiger partial charge on any atom is -0.571 e. The first kappa shape index (κ1) is 10.9. The van der Waals surface area contributed by atoms with Crippen LogP contribution in [0.4, 0.5) is 0 Å². The second kappa shape index (κ2) is 7.00. The summed E-state index contributed by atoms with van der Waals surface area (Å²) >= 11 is 0. The van der Waals surface area contributed by atoms with Gasteiger partial charge in [0.2, 0.25) is 5.96 Å². The van der Waals surface area contributed by atoms with Gasteiger partial charge in [-0.25, -0.2) is 0 Å². The fraction of sp³-hybridized carbons (Fsp3) is 0. The third kappa shape index (κ3) is 19.4. The molecule has 0 radical (unpaired) electrons. The van der Waals surface area contributed by atoms with Gasteiger partial charge in [-0.1, -0.05) is 0 Å². The molecule has 0 aliphatic carbocycles. The summed E-state index contributed by atoms with van der Waals surface area (Å²) in [6.45, 7) is 2.00. The molecule has 0 heterocycles. The molecule has 9 heavy (non-hydrogen) atoms. The highest BCUT2D eigenvalue weighted by Crippen LogP contribution is 2.04. The number of nitrogens with zero attached hydrogens (tertiary/aromatic N) is 1. The molecule has 0 rings (SSSR count). The third-order valence-electron chi connectivity index (χ3n) is 0.197. The second-order valence-electron chi connectivity index (χ2n) is 0.763. The Bertz CT molecular complexity index is 120. The van der Waals surface area contributed by atoms with Gasteiger partial charge >= 0.3 is 8.18 Å². The molecule has 6 nitrogen and oxygen atoms in total. The van der Waals surface area contributed by atoms with Gasteiger partial charge in [0.25, 0.3) is 0 Å². The number of carbonyl (C=O) groups excluding carboxylic acids is 1. The van der Waals surface area contributed by atoms with E-state index in [1.165, 1.54) is 0 Å². The molecular formula is C2H6N3O3P. The molecule has 1 unspecified atom stereocenters. The van der Waals surface area contributed by atoms with Crippen LogP contribution in [-0.4, -0.2) is 12.7 Å². The van der Waals surface area contributed by atoms with Gasteiger partial charge in [-0.05, 0) is 4.57 Å². The summed E-state index contributed by atoms with van der Waals surface area (Å²) in [6.07, 6.45) is 0. The Kier molecular flexibility index (Phi) is 8.47. The van der Waals surface area contributed by atoms with Gasteiger partial charge < -0.3 is 21.2 Å². The van der Waals surface area contributed by atoms with Crippen molar-refractivity contribution in [3.8, 4) is 0 Å². The molecule has 4 N–H and O–H groups in total. The van der Waals surface area contributed by atoms with Crippen molar-refractivity contribution < 1.29 is 14.3 Å². The maximum Gasteiger partial charge on any atom is 0.467 e.